The number of rotatable bonds is 4. The van der Waals surface area contributed by atoms with Crippen LogP contribution in [0.15, 0.2) is 59.8 Å². The van der Waals surface area contributed by atoms with Crippen molar-refractivity contribution in [3.8, 4) is 0 Å². The van der Waals surface area contributed by atoms with Crippen LogP contribution in [0.25, 0.3) is 5.65 Å². The van der Waals surface area contributed by atoms with E-state index in [2.05, 4.69) is 9.97 Å². The summed E-state index contributed by atoms with van der Waals surface area (Å²) in [6.07, 6.45) is 6.37. The summed E-state index contributed by atoms with van der Waals surface area (Å²) in [5.74, 6) is -0.295. The van der Waals surface area contributed by atoms with Gasteiger partial charge in [0.25, 0.3) is 11.5 Å². The first-order valence-electron chi connectivity index (χ1n) is 8.99. The van der Waals surface area contributed by atoms with Gasteiger partial charge in [-0.2, -0.15) is 0 Å². The second-order valence-corrected chi connectivity index (χ2v) is 6.55. The van der Waals surface area contributed by atoms with E-state index in [4.69, 9.17) is 4.74 Å². The Bertz CT molecular complexity index is 1000. The number of carbonyl (C=O) groups excluding carboxylic acids is 1. The van der Waals surface area contributed by atoms with Crippen LogP contribution in [0.3, 0.4) is 0 Å². The van der Waals surface area contributed by atoms with Crippen molar-refractivity contribution in [3.63, 3.8) is 0 Å². The van der Waals surface area contributed by atoms with Crippen molar-refractivity contribution < 1.29 is 9.53 Å². The van der Waals surface area contributed by atoms with Crippen molar-refractivity contribution in [1.29, 1.82) is 0 Å². The number of amides is 1. The Labute approximate surface area is 156 Å². The SMILES string of the molecule is O=C(c1cnc2ccccn2c1=O)N1CCCC(OCc2ccccn2)C1. The Hall–Kier alpha value is -3.06. The van der Waals surface area contributed by atoms with E-state index in [1.807, 2.05) is 18.2 Å². The molecule has 0 radical (unpaired) electrons. The number of fused-ring (bicyclic) bond motifs is 1. The first kappa shape index (κ1) is 17.4. The van der Waals surface area contributed by atoms with E-state index >= 15 is 0 Å². The summed E-state index contributed by atoms with van der Waals surface area (Å²) in [4.78, 5) is 35.7. The van der Waals surface area contributed by atoms with Gasteiger partial charge in [-0.05, 0) is 37.1 Å². The van der Waals surface area contributed by atoms with Gasteiger partial charge in [0.15, 0.2) is 0 Å². The Morgan fingerprint density at radius 2 is 2.07 bits per heavy atom. The Morgan fingerprint density at radius 1 is 1.19 bits per heavy atom. The lowest BCUT2D eigenvalue weighted by atomic mass is 10.1. The maximum Gasteiger partial charge on any atom is 0.270 e. The summed E-state index contributed by atoms with van der Waals surface area (Å²) < 4.78 is 7.33. The van der Waals surface area contributed by atoms with Crippen molar-refractivity contribution in [2.45, 2.75) is 25.6 Å². The van der Waals surface area contributed by atoms with Crippen LogP contribution < -0.4 is 5.56 Å². The van der Waals surface area contributed by atoms with E-state index < -0.39 is 0 Å². The molecule has 7 heteroatoms. The van der Waals surface area contributed by atoms with Crippen LogP contribution in [0, 0.1) is 0 Å². The molecule has 1 amide bonds. The second kappa shape index (κ2) is 7.67. The Balaban J connectivity index is 1.47. The standard InChI is InChI=1S/C20H20N4O3/c25-19(17-12-22-18-8-2-4-11-24(18)20(17)26)23-10-5-7-16(13-23)27-14-15-6-1-3-9-21-15/h1-4,6,8-9,11-12,16H,5,7,10,13-14H2. The zero-order chi connectivity index (χ0) is 18.6. The summed E-state index contributed by atoms with van der Waals surface area (Å²) >= 11 is 0. The zero-order valence-corrected chi connectivity index (χ0v) is 14.8. The molecule has 1 aliphatic heterocycles. The van der Waals surface area contributed by atoms with E-state index in [1.165, 1.54) is 10.6 Å². The summed E-state index contributed by atoms with van der Waals surface area (Å²) in [6, 6.07) is 11.0. The maximum absolute atomic E-state index is 12.9. The fourth-order valence-corrected chi connectivity index (χ4v) is 3.29. The van der Waals surface area contributed by atoms with E-state index in [9.17, 15) is 9.59 Å². The molecule has 0 bridgehead atoms. The van der Waals surface area contributed by atoms with Crippen LogP contribution in [-0.2, 0) is 11.3 Å². The van der Waals surface area contributed by atoms with Crippen LogP contribution in [0.2, 0.25) is 0 Å². The molecule has 4 rings (SSSR count). The normalized spacial score (nSPS) is 17.2. The highest BCUT2D eigenvalue weighted by molar-refractivity contribution is 5.93. The molecule has 27 heavy (non-hydrogen) atoms. The lowest BCUT2D eigenvalue weighted by Crippen LogP contribution is -2.45. The van der Waals surface area contributed by atoms with Gasteiger partial charge in [-0.3, -0.25) is 19.0 Å². The third-order valence-corrected chi connectivity index (χ3v) is 4.70. The van der Waals surface area contributed by atoms with E-state index in [-0.39, 0.29) is 23.1 Å². The number of pyridine rings is 2. The predicted octanol–water partition coefficient (Wildman–Crippen LogP) is 1.91. The minimum absolute atomic E-state index is 0.0686. The highest BCUT2D eigenvalue weighted by Gasteiger charge is 2.27. The van der Waals surface area contributed by atoms with Crippen molar-refractivity contribution >= 4 is 11.6 Å². The fourth-order valence-electron chi connectivity index (χ4n) is 3.29. The van der Waals surface area contributed by atoms with Crippen molar-refractivity contribution in [2.75, 3.05) is 13.1 Å². The van der Waals surface area contributed by atoms with Crippen molar-refractivity contribution in [2.24, 2.45) is 0 Å². The first-order valence-corrected chi connectivity index (χ1v) is 8.99. The third-order valence-electron chi connectivity index (χ3n) is 4.70. The molecule has 0 spiro atoms. The number of piperidine rings is 1. The lowest BCUT2D eigenvalue weighted by molar-refractivity contribution is -0.00791. The summed E-state index contributed by atoms with van der Waals surface area (Å²) in [5, 5.41) is 0. The highest BCUT2D eigenvalue weighted by atomic mass is 16.5. The average molecular weight is 364 g/mol. The third kappa shape index (κ3) is 3.73. The summed E-state index contributed by atoms with van der Waals surface area (Å²) in [6.45, 7) is 1.48. The summed E-state index contributed by atoms with van der Waals surface area (Å²) in [5.41, 5.74) is 1.12. The van der Waals surface area contributed by atoms with Crippen LogP contribution in [0.1, 0.15) is 28.9 Å². The Morgan fingerprint density at radius 3 is 2.93 bits per heavy atom. The fraction of sp³-hybridized carbons (Fsp3) is 0.300. The molecule has 4 heterocycles. The molecule has 3 aromatic rings. The van der Waals surface area contributed by atoms with Gasteiger partial charge in [0.2, 0.25) is 0 Å². The molecule has 1 saturated heterocycles. The number of hydrogen-bond donors (Lipinski definition) is 0. The van der Waals surface area contributed by atoms with Crippen molar-refractivity contribution in [1.82, 2.24) is 19.3 Å². The van der Waals surface area contributed by atoms with E-state index in [0.29, 0.717) is 25.3 Å². The quantitative estimate of drug-likeness (QED) is 0.707. The van der Waals surface area contributed by atoms with Crippen LogP contribution in [-0.4, -0.2) is 44.4 Å². The van der Waals surface area contributed by atoms with Gasteiger partial charge in [0, 0.05) is 31.7 Å². The summed E-state index contributed by atoms with van der Waals surface area (Å²) in [7, 11) is 0. The van der Waals surface area contributed by atoms with Gasteiger partial charge < -0.3 is 9.64 Å². The lowest BCUT2D eigenvalue weighted by Gasteiger charge is -2.32. The van der Waals surface area contributed by atoms with Crippen LogP contribution in [0.4, 0.5) is 0 Å². The molecule has 1 aliphatic rings. The monoisotopic (exact) mass is 364 g/mol. The van der Waals surface area contributed by atoms with E-state index in [0.717, 1.165) is 18.5 Å². The number of hydrogen-bond acceptors (Lipinski definition) is 5. The molecule has 0 saturated carbocycles. The van der Waals surface area contributed by atoms with Gasteiger partial charge >= 0.3 is 0 Å². The molecule has 138 valence electrons. The van der Waals surface area contributed by atoms with Crippen molar-refractivity contribution in [3.05, 3.63) is 76.6 Å². The van der Waals surface area contributed by atoms with Crippen LogP contribution in [0.5, 0.6) is 0 Å². The molecule has 1 unspecified atom stereocenters. The number of ether oxygens (including phenoxy) is 1. The van der Waals surface area contributed by atoms with Gasteiger partial charge in [-0.15, -0.1) is 0 Å². The van der Waals surface area contributed by atoms with Gasteiger partial charge in [-0.25, -0.2) is 4.98 Å². The molecule has 3 aromatic heterocycles. The molecule has 0 aliphatic carbocycles. The van der Waals surface area contributed by atoms with E-state index in [1.54, 1.807) is 35.5 Å². The molecule has 0 N–H and O–H groups in total. The number of nitrogens with zero attached hydrogens (tertiary/aromatic N) is 4. The first-order chi connectivity index (χ1) is 13.2. The maximum atomic E-state index is 12.9. The van der Waals surface area contributed by atoms with Crippen LogP contribution >= 0.6 is 0 Å². The second-order valence-electron chi connectivity index (χ2n) is 6.55. The van der Waals surface area contributed by atoms with Gasteiger partial charge in [0.05, 0.1) is 18.4 Å². The predicted molar refractivity (Wildman–Crippen MR) is 99.4 cm³/mol. The minimum Gasteiger partial charge on any atom is -0.370 e. The zero-order valence-electron chi connectivity index (χ0n) is 14.8. The molecule has 1 fully saturated rings. The highest BCUT2D eigenvalue weighted by Crippen LogP contribution is 2.16. The number of carbonyl (C=O) groups is 1. The number of likely N-dealkylation sites (tertiary alicyclic amines) is 1. The molecule has 0 aromatic carbocycles. The number of aromatic nitrogens is 3. The Kier molecular flexibility index (Phi) is 4.93. The van der Waals surface area contributed by atoms with Gasteiger partial charge in [0.1, 0.15) is 11.2 Å². The largest absolute Gasteiger partial charge is 0.370 e. The van der Waals surface area contributed by atoms with Gasteiger partial charge in [-0.1, -0.05) is 12.1 Å². The topological polar surface area (TPSA) is 76.8 Å². The average Bonchev–Trinajstić information content (AvgIpc) is 2.73. The molecule has 1 atom stereocenters. The molecule has 7 nitrogen and oxygen atoms in total. The minimum atomic E-state index is -0.345. The molecular formula is C20H20N4O3. The smallest absolute Gasteiger partial charge is 0.270 e. The molecular weight excluding hydrogens is 344 g/mol.